The van der Waals surface area contributed by atoms with Gasteiger partial charge < -0.3 is 0 Å². The van der Waals surface area contributed by atoms with Gasteiger partial charge in [-0.15, -0.1) is 0 Å². The van der Waals surface area contributed by atoms with Crippen molar-refractivity contribution in [2.45, 2.75) is 111 Å². The van der Waals surface area contributed by atoms with Gasteiger partial charge in [-0.05, 0) is 155 Å². The smallest absolute Gasteiger partial charge is 0.0206 e. The van der Waals surface area contributed by atoms with Gasteiger partial charge in [-0.25, -0.2) is 0 Å². The first kappa shape index (κ1) is 39.1. The molecule has 0 fully saturated rings. The fourth-order valence-corrected chi connectivity index (χ4v) is 11.2. The van der Waals surface area contributed by atoms with Crippen molar-refractivity contribution < 1.29 is 0 Å². The van der Waals surface area contributed by atoms with Gasteiger partial charge in [0, 0.05) is 11.8 Å². The quantitative estimate of drug-likeness (QED) is 0.163. The van der Waals surface area contributed by atoms with Crippen LogP contribution in [-0.4, -0.2) is 0 Å². The lowest BCUT2D eigenvalue weighted by Gasteiger charge is -2.31. The third-order valence-corrected chi connectivity index (χ3v) is 14.7. The maximum atomic E-state index is 2.64. The van der Waals surface area contributed by atoms with Gasteiger partial charge in [0.05, 0.1) is 0 Å². The summed E-state index contributed by atoms with van der Waals surface area (Å²) in [6.07, 6.45) is 9.72. The Kier molecular flexibility index (Phi) is 8.16. The van der Waals surface area contributed by atoms with Gasteiger partial charge in [-0.3, -0.25) is 0 Å². The molecule has 0 N–H and O–H groups in total. The summed E-state index contributed by atoms with van der Waals surface area (Å²) >= 11 is 0. The van der Waals surface area contributed by atoms with E-state index in [-0.39, 0.29) is 21.7 Å². The van der Waals surface area contributed by atoms with Crippen LogP contribution in [0, 0.1) is 5.92 Å². The van der Waals surface area contributed by atoms with Crippen LogP contribution in [0.4, 0.5) is 0 Å². The average Bonchev–Trinajstić information content (AvgIpc) is 3.71. The minimum absolute atomic E-state index is 0.0265. The first-order valence-corrected chi connectivity index (χ1v) is 23.0. The van der Waals surface area contributed by atoms with E-state index in [0.29, 0.717) is 11.8 Å². The van der Waals surface area contributed by atoms with E-state index in [1.807, 2.05) is 0 Å². The standard InChI is InChI=1S/C62H60/c1-59(2,3)39-26-37(27-40(31-39)60(4,5)6)54-51-33-48-45-23-17-22-44-43-21-14-13-18-36(43)30-50(56(44)45)49(48)34-52(51)55(38-28-41(61(7,8)9)32-42(29-38)62(10,11)12)58-47-25-16-20-35-19-15-24-46(53(35)47)57(54)58/h13-34,44,56H,1-12H3. The van der Waals surface area contributed by atoms with Crippen LogP contribution in [-0.2, 0) is 21.7 Å². The fourth-order valence-electron chi connectivity index (χ4n) is 11.2. The predicted molar refractivity (Wildman–Crippen MR) is 269 cm³/mol. The Morgan fingerprint density at radius 1 is 0.419 bits per heavy atom. The average molecular weight is 805 g/mol. The van der Waals surface area contributed by atoms with Crippen LogP contribution in [0.5, 0.6) is 0 Å². The van der Waals surface area contributed by atoms with Crippen molar-refractivity contribution in [2.75, 3.05) is 0 Å². The predicted octanol–water partition coefficient (Wildman–Crippen LogP) is 17.4. The highest BCUT2D eigenvalue weighted by molar-refractivity contribution is 6.28. The summed E-state index contributed by atoms with van der Waals surface area (Å²) in [5.74, 6) is 0.633. The van der Waals surface area contributed by atoms with Crippen molar-refractivity contribution in [2.24, 2.45) is 5.92 Å². The van der Waals surface area contributed by atoms with E-state index < -0.39 is 0 Å². The largest absolute Gasteiger partial charge is 0.0760 e. The second kappa shape index (κ2) is 12.9. The highest BCUT2D eigenvalue weighted by Crippen LogP contribution is 2.62. The Bertz CT molecular complexity index is 3130. The molecule has 0 aliphatic heterocycles. The molecule has 0 saturated heterocycles. The van der Waals surface area contributed by atoms with E-state index in [2.05, 4.69) is 217 Å². The van der Waals surface area contributed by atoms with Crippen LogP contribution < -0.4 is 0 Å². The van der Waals surface area contributed by atoms with Crippen molar-refractivity contribution in [3.05, 3.63) is 172 Å². The zero-order chi connectivity index (χ0) is 43.4. The minimum Gasteiger partial charge on any atom is -0.0760 e. The Morgan fingerprint density at radius 2 is 0.887 bits per heavy atom. The Morgan fingerprint density at radius 3 is 1.37 bits per heavy atom. The van der Waals surface area contributed by atoms with E-state index in [4.69, 9.17) is 0 Å². The summed E-state index contributed by atoms with van der Waals surface area (Å²) in [4.78, 5) is 0. The van der Waals surface area contributed by atoms with Gasteiger partial charge in [-0.1, -0.05) is 204 Å². The molecule has 0 heterocycles. The molecule has 7 aromatic rings. The summed E-state index contributed by atoms with van der Waals surface area (Å²) in [6, 6.07) is 43.5. The number of rotatable bonds is 2. The Labute approximate surface area is 370 Å². The summed E-state index contributed by atoms with van der Waals surface area (Å²) in [5.41, 5.74) is 24.7. The molecule has 0 aromatic heterocycles. The normalized spacial score (nSPS) is 17.5. The molecule has 2 unspecified atom stereocenters. The zero-order valence-electron chi connectivity index (χ0n) is 38.9. The van der Waals surface area contributed by atoms with E-state index in [9.17, 15) is 0 Å². The molecule has 0 spiro atoms. The van der Waals surface area contributed by atoms with Crippen molar-refractivity contribution in [3.63, 3.8) is 0 Å². The lowest BCUT2D eigenvalue weighted by molar-refractivity contribution is 0.568. The summed E-state index contributed by atoms with van der Waals surface area (Å²) in [7, 11) is 0. The molecule has 0 nitrogen and oxygen atoms in total. The first-order valence-electron chi connectivity index (χ1n) is 23.0. The molecule has 62 heavy (non-hydrogen) atoms. The minimum atomic E-state index is -0.0274. The van der Waals surface area contributed by atoms with Crippen LogP contribution in [0.25, 0.3) is 83.3 Å². The molecule has 308 valence electrons. The van der Waals surface area contributed by atoms with Crippen LogP contribution in [0.3, 0.4) is 0 Å². The van der Waals surface area contributed by atoms with E-state index in [1.165, 1.54) is 122 Å². The maximum absolute atomic E-state index is 2.64. The van der Waals surface area contributed by atoms with Crippen LogP contribution in [0.15, 0.2) is 127 Å². The van der Waals surface area contributed by atoms with Crippen molar-refractivity contribution in [3.8, 4) is 44.5 Å². The second-order valence-electron chi connectivity index (χ2n) is 23.0. The number of allylic oxidation sites excluding steroid dienone is 5. The zero-order valence-corrected chi connectivity index (χ0v) is 38.9. The lowest BCUT2D eigenvalue weighted by Crippen LogP contribution is -2.17. The van der Waals surface area contributed by atoms with Gasteiger partial charge in [0.15, 0.2) is 0 Å². The maximum Gasteiger partial charge on any atom is 0.0206 e. The van der Waals surface area contributed by atoms with Crippen molar-refractivity contribution >= 4 is 38.8 Å². The highest BCUT2D eigenvalue weighted by atomic mass is 14.4. The second-order valence-corrected chi connectivity index (χ2v) is 23.0. The fraction of sp³-hybridized carbons (Fsp3) is 0.290. The third-order valence-electron chi connectivity index (χ3n) is 14.7. The van der Waals surface area contributed by atoms with Gasteiger partial charge in [0.1, 0.15) is 0 Å². The third kappa shape index (κ3) is 5.78. The van der Waals surface area contributed by atoms with E-state index >= 15 is 0 Å². The molecular weight excluding hydrogens is 745 g/mol. The van der Waals surface area contributed by atoms with Crippen LogP contribution in [0.2, 0.25) is 0 Å². The summed E-state index contributed by atoms with van der Waals surface area (Å²) in [5, 5.41) is 5.36. The molecule has 0 bridgehead atoms. The molecule has 2 atom stereocenters. The molecule has 4 aliphatic carbocycles. The SMILES string of the molecule is CC(C)(C)c1cc(-c2c3c(c(-c4cc(C(C)(C)C)cc(C(C)(C)C)c4)c4cc5c(cc24)C2=CC=CC4c6ccccc6C=C5C24)-c2cccc4cccc-3c24)cc(C(C)(C)C)c1. The van der Waals surface area contributed by atoms with Crippen molar-refractivity contribution in [1.29, 1.82) is 0 Å². The number of hydrogen-bond donors (Lipinski definition) is 0. The topological polar surface area (TPSA) is 0 Å². The van der Waals surface area contributed by atoms with E-state index in [0.717, 1.165) is 0 Å². The highest BCUT2D eigenvalue weighted by Gasteiger charge is 2.42. The lowest BCUT2D eigenvalue weighted by atomic mass is 9.72. The Balaban J connectivity index is 1.37. The molecule has 11 rings (SSSR count). The van der Waals surface area contributed by atoms with Gasteiger partial charge in [-0.2, -0.15) is 0 Å². The van der Waals surface area contributed by atoms with Gasteiger partial charge in [0.2, 0.25) is 0 Å². The molecular formula is C62H60. The molecule has 4 aliphatic rings. The van der Waals surface area contributed by atoms with Crippen molar-refractivity contribution in [1.82, 2.24) is 0 Å². The monoisotopic (exact) mass is 804 g/mol. The van der Waals surface area contributed by atoms with Gasteiger partial charge >= 0.3 is 0 Å². The molecule has 0 heteroatoms. The Hall–Kier alpha value is -5.72. The van der Waals surface area contributed by atoms with Crippen LogP contribution in [0.1, 0.15) is 134 Å². The molecule has 7 aromatic carbocycles. The molecule has 0 radical (unpaired) electrons. The van der Waals surface area contributed by atoms with E-state index in [1.54, 1.807) is 0 Å². The number of fused-ring (bicyclic) bond motifs is 9. The van der Waals surface area contributed by atoms with Gasteiger partial charge in [0.25, 0.3) is 0 Å². The summed E-state index contributed by atoms with van der Waals surface area (Å²) < 4.78 is 0. The van der Waals surface area contributed by atoms with Crippen LogP contribution >= 0.6 is 0 Å². The first-order chi connectivity index (χ1) is 29.3. The number of hydrogen-bond acceptors (Lipinski definition) is 0. The summed E-state index contributed by atoms with van der Waals surface area (Å²) in [6.45, 7) is 28.5. The number of benzene rings is 7. The molecule has 0 amide bonds. The molecule has 0 saturated carbocycles.